The van der Waals surface area contributed by atoms with E-state index in [9.17, 15) is 14.4 Å². The van der Waals surface area contributed by atoms with E-state index < -0.39 is 0 Å². The summed E-state index contributed by atoms with van der Waals surface area (Å²) in [5, 5.41) is 10.1. The van der Waals surface area contributed by atoms with Crippen molar-refractivity contribution in [1.82, 2.24) is 5.32 Å². The second-order valence-electron chi connectivity index (χ2n) is 4.91. The number of carbonyl (C=O) groups is 3. The maximum atomic E-state index is 12.0. The standard InChI is InChI=1S/C16H16ClN3O3S/c1-10(21)19-11-4-5-12(17)13(9-11)20-15(22)6-7-18-16(23)14-3-2-8-24-14/h2-5,8-9H,6-7H2,1H3,(H,18,23)(H,19,21)(H,20,22). The number of amides is 3. The number of halogens is 1. The number of hydrogen-bond donors (Lipinski definition) is 3. The summed E-state index contributed by atoms with van der Waals surface area (Å²) in [5.74, 6) is -0.710. The highest BCUT2D eigenvalue weighted by Gasteiger charge is 2.10. The van der Waals surface area contributed by atoms with Gasteiger partial charge in [0, 0.05) is 25.6 Å². The molecule has 0 spiro atoms. The Morgan fingerprint density at radius 1 is 1.17 bits per heavy atom. The van der Waals surface area contributed by atoms with E-state index in [1.54, 1.807) is 30.3 Å². The largest absolute Gasteiger partial charge is 0.351 e. The Bertz CT molecular complexity index is 747. The molecule has 3 N–H and O–H groups in total. The first-order chi connectivity index (χ1) is 11.5. The van der Waals surface area contributed by atoms with Gasteiger partial charge in [0.2, 0.25) is 11.8 Å². The summed E-state index contributed by atoms with van der Waals surface area (Å²) in [6, 6.07) is 8.30. The van der Waals surface area contributed by atoms with Crippen molar-refractivity contribution in [2.24, 2.45) is 0 Å². The molecular weight excluding hydrogens is 350 g/mol. The first kappa shape index (κ1) is 18.0. The molecule has 0 saturated heterocycles. The van der Waals surface area contributed by atoms with Crippen LogP contribution in [-0.4, -0.2) is 24.3 Å². The number of benzene rings is 1. The summed E-state index contributed by atoms with van der Waals surface area (Å²) < 4.78 is 0. The van der Waals surface area contributed by atoms with Gasteiger partial charge in [-0.2, -0.15) is 0 Å². The Balaban J connectivity index is 1.85. The Labute approximate surface area is 148 Å². The van der Waals surface area contributed by atoms with E-state index in [2.05, 4.69) is 16.0 Å². The SMILES string of the molecule is CC(=O)Nc1ccc(Cl)c(NC(=O)CCNC(=O)c2cccs2)c1. The third-order valence-electron chi connectivity index (χ3n) is 2.94. The highest BCUT2D eigenvalue weighted by Crippen LogP contribution is 2.25. The summed E-state index contributed by atoms with van der Waals surface area (Å²) in [4.78, 5) is 35.4. The van der Waals surface area contributed by atoms with E-state index >= 15 is 0 Å². The third kappa shape index (κ3) is 5.36. The van der Waals surface area contributed by atoms with E-state index in [0.717, 1.165) is 0 Å². The summed E-state index contributed by atoms with van der Waals surface area (Å²) >= 11 is 7.37. The van der Waals surface area contributed by atoms with Crippen LogP contribution >= 0.6 is 22.9 Å². The minimum atomic E-state index is -0.289. The van der Waals surface area contributed by atoms with Crippen LogP contribution in [-0.2, 0) is 9.59 Å². The Morgan fingerprint density at radius 2 is 1.96 bits per heavy atom. The molecule has 0 unspecified atom stereocenters. The molecule has 24 heavy (non-hydrogen) atoms. The zero-order valence-corrected chi connectivity index (χ0v) is 14.5. The van der Waals surface area contributed by atoms with Crippen molar-refractivity contribution in [2.45, 2.75) is 13.3 Å². The van der Waals surface area contributed by atoms with Crippen LogP contribution in [0.5, 0.6) is 0 Å². The molecule has 0 aliphatic carbocycles. The predicted octanol–water partition coefficient (Wildman–Crippen LogP) is 3.12. The van der Waals surface area contributed by atoms with E-state index in [1.165, 1.54) is 18.3 Å². The minimum Gasteiger partial charge on any atom is -0.351 e. The Kier molecular flexibility index (Phi) is 6.34. The molecule has 0 bridgehead atoms. The molecule has 0 saturated carbocycles. The van der Waals surface area contributed by atoms with Crippen LogP contribution in [0, 0.1) is 0 Å². The summed E-state index contributed by atoms with van der Waals surface area (Å²) in [6.45, 7) is 1.61. The van der Waals surface area contributed by atoms with Crippen molar-refractivity contribution in [3.8, 4) is 0 Å². The van der Waals surface area contributed by atoms with Crippen LogP contribution in [0.2, 0.25) is 5.02 Å². The van der Waals surface area contributed by atoms with Gasteiger partial charge in [-0.15, -0.1) is 11.3 Å². The molecule has 1 heterocycles. The smallest absolute Gasteiger partial charge is 0.261 e. The fourth-order valence-electron chi connectivity index (χ4n) is 1.90. The second-order valence-corrected chi connectivity index (χ2v) is 6.26. The zero-order valence-electron chi connectivity index (χ0n) is 12.9. The second kappa shape index (κ2) is 8.47. The average Bonchev–Trinajstić information content (AvgIpc) is 3.04. The maximum absolute atomic E-state index is 12.0. The minimum absolute atomic E-state index is 0.109. The fraction of sp³-hybridized carbons (Fsp3) is 0.188. The van der Waals surface area contributed by atoms with Gasteiger partial charge in [0.05, 0.1) is 15.6 Å². The van der Waals surface area contributed by atoms with Crippen LogP contribution in [0.25, 0.3) is 0 Å². The lowest BCUT2D eigenvalue weighted by atomic mass is 10.2. The first-order valence-electron chi connectivity index (χ1n) is 7.14. The number of nitrogens with one attached hydrogen (secondary N) is 3. The third-order valence-corrected chi connectivity index (χ3v) is 4.14. The molecule has 6 nitrogen and oxygen atoms in total. The maximum Gasteiger partial charge on any atom is 0.261 e. The van der Waals surface area contributed by atoms with Gasteiger partial charge >= 0.3 is 0 Å². The van der Waals surface area contributed by atoms with Crippen molar-refractivity contribution in [3.05, 3.63) is 45.6 Å². The van der Waals surface area contributed by atoms with Crippen molar-refractivity contribution in [3.63, 3.8) is 0 Å². The molecule has 0 atom stereocenters. The van der Waals surface area contributed by atoms with Crippen molar-refractivity contribution in [1.29, 1.82) is 0 Å². The van der Waals surface area contributed by atoms with Crippen molar-refractivity contribution < 1.29 is 14.4 Å². The molecular formula is C16H16ClN3O3S. The summed E-state index contributed by atoms with van der Waals surface area (Å²) in [6.07, 6.45) is 0.109. The summed E-state index contributed by atoms with van der Waals surface area (Å²) in [7, 11) is 0. The van der Waals surface area contributed by atoms with Crippen LogP contribution < -0.4 is 16.0 Å². The molecule has 2 rings (SSSR count). The molecule has 1 aromatic carbocycles. The summed E-state index contributed by atoms with van der Waals surface area (Å²) in [5.41, 5.74) is 0.936. The predicted molar refractivity (Wildman–Crippen MR) is 95.7 cm³/mol. The van der Waals surface area contributed by atoms with E-state index in [-0.39, 0.29) is 30.7 Å². The van der Waals surface area contributed by atoms with Crippen LogP contribution in [0.15, 0.2) is 35.7 Å². The number of carbonyl (C=O) groups excluding carboxylic acids is 3. The lowest BCUT2D eigenvalue weighted by Gasteiger charge is -2.10. The first-order valence-corrected chi connectivity index (χ1v) is 8.40. The molecule has 0 fully saturated rings. The Hall–Kier alpha value is -2.38. The van der Waals surface area contributed by atoms with E-state index in [4.69, 9.17) is 11.6 Å². The molecule has 0 aliphatic rings. The average molecular weight is 366 g/mol. The van der Waals surface area contributed by atoms with Gasteiger partial charge in [0.15, 0.2) is 0 Å². The van der Waals surface area contributed by atoms with Crippen molar-refractivity contribution in [2.75, 3.05) is 17.2 Å². The number of rotatable bonds is 6. The fourth-order valence-corrected chi connectivity index (χ4v) is 2.70. The number of hydrogen-bond acceptors (Lipinski definition) is 4. The molecule has 2 aromatic rings. The van der Waals surface area contributed by atoms with Gasteiger partial charge < -0.3 is 16.0 Å². The van der Waals surface area contributed by atoms with Gasteiger partial charge in [-0.25, -0.2) is 0 Å². The van der Waals surface area contributed by atoms with Crippen LogP contribution in [0.1, 0.15) is 23.0 Å². The van der Waals surface area contributed by atoms with Crippen LogP contribution in [0.4, 0.5) is 11.4 Å². The van der Waals surface area contributed by atoms with Gasteiger partial charge in [0.25, 0.3) is 5.91 Å². The number of anilines is 2. The molecule has 0 radical (unpaired) electrons. The van der Waals surface area contributed by atoms with Gasteiger partial charge in [-0.1, -0.05) is 17.7 Å². The molecule has 126 valence electrons. The van der Waals surface area contributed by atoms with Gasteiger partial charge in [-0.05, 0) is 29.6 Å². The van der Waals surface area contributed by atoms with E-state index in [0.29, 0.717) is 21.3 Å². The Morgan fingerprint density at radius 3 is 2.62 bits per heavy atom. The van der Waals surface area contributed by atoms with Crippen molar-refractivity contribution >= 4 is 52.0 Å². The molecule has 8 heteroatoms. The normalized spacial score (nSPS) is 10.1. The quantitative estimate of drug-likeness (QED) is 0.735. The highest BCUT2D eigenvalue weighted by molar-refractivity contribution is 7.12. The van der Waals surface area contributed by atoms with Crippen LogP contribution in [0.3, 0.4) is 0 Å². The monoisotopic (exact) mass is 365 g/mol. The van der Waals surface area contributed by atoms with Gasteiger partial charge in [-0.3, -0.25) is 14.4 Å². The molecule has 1 aromatic heterocycles. The lowest BCUT2D eigenvalue weighted by molar-refractivity contribution is -0.116. The molecule has 3 amide bonds. The molecule has 0 aliphatic heterocycles. The lowest BCUT2D eigenvalue weighted by Crippen LogP contribution is -2.27. The topological polar surface area (TPSA) is 87.3 Å². The van der Waals surface area contributed by atoms with E-state index in [1.807, 2.05) is 5.38 Å². The van der Waals surface area contributed by atoms with Gasteiger partial charge in [0.1, 0.15) is 0 Å². The number of thiophene rings is 1. The zero-order chi connectivity index (χ0) is 17.5. The highest BCUT2D eigenvalue weighted by atomic mass is 35.5.